The number of carboxylic acid groups (broad SMARTS) is 1. The van der Waals surface area contributed by atoms with E-state index in [1.54, 1.807) is 13.2 Å². The number of nitrogens with zero attached hydrogens (tertiary/aromatic N) is 2. The molecule has 0 amide bonds. The van der Waals surface area contributed by atoms with E-state index in [4.69, 9.17) is 9.84 Å². The van der Waals surface area contributed by atoms with E-state index in [1.165, 1.54) is 10.2 Å². The van der Waals surface area contributed by atoms with Crippen LogP contribution in [0.25, 0.3) is 11.3 Å². The highest BCUT2D eigenvalue weighted by Gasteiger charge is 2.20. The van der Waals surface area contributed by atoms with Crippen molar-refractivity contribution < 1.29 is 14.6 Å². The van der Waals surface area contributed by atoms with E-state index in [-0.39, 0.29) is 12.0 Å². The van der Waals surface area contributed by atoms with Gasteiger partial charge in [0.15, 0.2) is 0 Å². The maximum absolute atomic E-state index is 12.2. The molecular weight excluding hydrogens is 308 g/mol. The van der Waals surface area contributed by atoms with Crippen LogP contribution in [0.2, 0.25) is 0 Å². The van der Waals surface area contributed by atoms with Gasteiger partial charge in [-0.3, -0.25) is 9.59 Å². The Morgan fingerprint density at radius 1 is 1.25 bits per heavy atom. The van der Waals surface area contributed by atoms with Crippen molar-refractivity contribution in [2.45, 2.75) is 38.6 Å². The number of unbranched alkanes of at least 4 members (excludes halogenated alkanes) is 1. The minimum atomic E-state index is -0.818. The van der Waals surface area contributed by atoms with Crippen LogP contribution >= 0.6 is 0 Å². The Morgan fingerprint density at radius 2 is 2.04 bits per heavy atom. The van der Waals surface area contributed by atoms with Crippen molar-refractivity contribution in [2.75, 3.05) is 7.11 Å². The molecule has 24 heavy (non-hydrogen) atoms. The van der Waals surface area contributed by atoms with Gasteiger partial charge in [-0.1, -0.05) is 6.07 Å². The molecule has 1 N–H and O–H groups in total. The number of methoxy groups -OCH3 is 1. The number of hydrogen-bond acceptors (Lipinski definition) is 4. The molecule has 6 nitrogen and oxygen atoms in total. The largest absolute Gasteiger partial charge is 0.497 e. The molecule has 1 heterocycles. The number of aryl methyl sites for hydroxylation is 3. The van der Waals surface area contributed by atoms with Gasteiger partial charge >= 0.3 is 5.97 Å². The van der Waals surface area contributed by atoms with Crippen molar-refractivity contribution in [1.29, 1.82) is 0 Å². The normalized spacial score (nSPS) is 12.4. The van der Waals surface area contributed by atoms with E-state index >= 15 is 0 Å². The Kier molecular flexibility index (Phi) is 4.64. The van der Waals surface area contributed by atoms with Crippen LogP contribution in [-0.2, 0) is 24.2 Å². The molecule has 0 atom stereocenters. The second-order valence-corrected chi connectivity index (χ2v) is 5.95. The van der Waals surface area contributed by atoms with Gasteiger partial charge in [-0.05, 0) is 48.9 Å². The summed E-state index contributed by atoms with van der Waals surface area (Å²) in [6.45, 7) is 0.429. The molecule has 126 valence electrons. The zero-order valence-corrected chi connectivity index (χ0v) is 13.6. The summed E-state index contributed by atoms with van der Waals surface area (Å²) >= 11 is 0. The number of carbonyl (C=O) groups is 1. The van der Waals surface area contributed by atoms with Crippen LogP contribution in [0.3, 0.4) is 0 Å². The van der Waals surface area contributed by atoms with Gasteiger partial charge in [-0.25, -0.2) is 4.68 Å². The maximum atomic E-state index is 12.2. The van der Waals surface area contributed by atoms with Gasteiger partial charge in [-0.15, -0.1) is 0 Å². The highest BCUT2D eigenvalue weighted by molar-refractivity contribution is 5.70. The van der Waals surface area contributed by atoms with Gasteiger partial charge in [0.25, 0.3) is 5.56 Å². The lowest BCUT2D eigenvalue weighted by atomic mass is 9.89. The molecule has 1 aromatic heterocycles. The number of fused-ring (bicyclic) bond motifs is 3. The molecule has 0 unspecified atom stereocenters. The first kappa shape index (κ1) is 16.2. The van der Waals surface area contributed by atoms with Crippen LogP contribution in [0.5, 0.6) is 5.75 Å². The Balaban J connectivity index is 1.90. The quantitative estimate of drug-likeness (QED) is 0.823. The molecule has 1 aliphatic carbocycles. The van der Waals surface area contributed by atoms with Crippen LogP contribution < -0.4 is 10.3 Å². The van der Waals surface area contributed by atoms with Crippen LogP contribution in [-0.4, -0.2) is 28.0 Å². The predicted octanol–water partition coefficient (Wildman–Crippen LogP) is 2.27. The van der Waals surface area contributed by atoms with E-state index in [2.05, 4.69) is 5.10 Å². The Hall–Kier alpha value is -2.63. The average Bonchev–Trinajstić information content (AvgIpc) is 2.58. The summed E-state index contributed by atoms with van der Waals surface area (Å²) in [4.78, 5) is 22.8. The summed E-state index contributed by atoms with van der Waals surface area (Å²) in [5.74, 6) is -0.0515. The minimum absolute atomic E-state index is 0.111. The molecule has 0 fully saturated rings. The van der Waals surface area contributed by atoms with Crippen LogP contribution in [0.1, 0.15) is 30.4 Å². The SMILES string of the molecule is COc1ccc2c(c1)-c1nn(CCCCC(=O)O)c(=O)cc1CC2. The van der Waals surface area contributed by atoms with Crippen molar-refractivity contribution in [2.24, 2.45) is 0 Å². The van der Waals surface area contributed by atoms with Crippen molar-refractivity contribution in [3.8, 4) is 17.0 Å². The number of hydrogen-bond donors (Lipinski definition) is 1. The van der Waals surface area contributed by atoms with Crippen LogP contribution in [0.4, 0.5) is 0 Å². The average molecular weight is 328 g/mol. The molecule has 2 aromatic rings. The molecule has 1 aromatic carbocycles. The molecule has 0 bridgehead atoms. The van der Waals surface area contributed by atoms with Gasteiger partial charge in [0.1, 0.15) is 5.75 Å². The van der Waals surface area contributed by atoms with Gasteiger partial charge in [-0.2, -0.15) is 5.10 Å². The molecule has 0 saturated carbocycles. The summed E-state index contributed by atoms with van der Waals surface area (Å²) in [6, 6.07) is 7.59. The van der Waals surface area contributed by atoms with Crippen LogP contribution in [0, 0.1) is 0 Å². The molecule has 0 aliphatic heterocycles. The molecule has 6 heteroatoms. The number of carboxylic acids is 1. The molecule has 0 saturated heterocycles. The van der Waals surface area contributed by atoms with E-state index in [0.29, 0.717) is 19.4 Å². The third-order valence-corrected chi connectivity index (χ3v) is 4.32. The lowest BCUT2D eigenvalue weighted by molar-refractivity contribution is -0.137. The topological polar surface area (TPSA) is 81.4 Å². The predicted molar refractivity (Wildman–Crippen MR) is 89.4 cm³/mol. The van der Waals surface area contributed by atoms with Gasteiger partial charge in [0.2, 0.25) is 0 Å². The second-order valence-electron chi connectivity index (χ2n) is 5.95. The number of benzene rings is 1. The fourth-order valence-corrected chi connectivity index (χ4v) is 3.03. The summed E-state index contributed by atoms with van der Waals surface area (Å²) in [5, 5.41) is 13.2. The van der Waals surface area contributed by atoms with Crippen LogP contribution in [0.15, 0.2) is 29.1 Å². The number of aliphatic carboxylic acids is 1. The molecule has 1 aliphatic rings. The van der Waals surface area contributed by atoms with Crippen molar-refractivity contribution in [3.63, 3.8) is 0 Å². The number of rotatable bonds is 6. The molecule has 3 rings (SSSR count). The van der Waals surface area contributed by atoms with Gasteiger partial charge < -0.3 is 9.84 Å². The highest BCUT2D eigenvalue weighted by atomic mass is 16.5. The Morgan fingerprint density at radius 3 is 2.79 bits per heavy atom. The van der Waals surface area contributed by atoms with Crippen molar-refractivity contribution in [1.82, 2.24) is 9.78 Å². The first-order valence-corrected chi connectivity index (χ1v) is 8.08. The third kappa shape index (κ3) is 3.32. The molecule has 0 radical (unpaired) electrons. The first-order valence-electron chi connectivity index (χ1n) is 8.08. The van der Waals surface area contributed by atoms with Gasteiger partial charge in [0.05, 0.1) is 12.8 Å². The highest BCUT2D eigenvalue weighted by Crippen LogP contribution is 2.33. The van der Waals surface area contributed by atoms with E-state index in [0.717, 1.165) is 35.4 Å². The van der Waals surface area contributed by atoms with Crippen molar-refractivity contribution in [3.05, 3.63) is 45.7 Å². The van der Waals surface area contributed by atoms with E-state index < -0.39 is 5.97 Å². The van der Waals surface area contributed by atoms with E-state index in [1.807, 2.05) is 18.2 Å². The fraction of sp³-hybridized carbons (Fsp3) is 0.389. The summed E-state index contributed by atoms with van der Waals surface area (Å²) in [5.41, 5.74) is 3.87. The monoisotopic (exact) mass is 328 g/mol. The number of ether oxygens (including phenoxy) is 1. The summed E-state index contributed by atoms with van der Waals surface area (Å²) < 4.78 is 6.74. The van der Waals surface area contributed by atoms with E-state index in [9.17, 15) is 9.59 Å². The second kappa shape index (κ2) is 6.86. The smallest absolute Gasteiger partial charge is 0.303 e. The van der Waals surface area contributed by atoms with Crippen molar-refractivity contribution >= 4 is 5.97 Å². The molecular formula is C18H20N2O4. The number of aromatic nitrogens is 2. The maximum Gasteiger partial charge on any atom is 0.303 e. The van der Waals surface area contributed by atoms with Gasteiger partial charge in [0, 0.05) is 24.6 Å². The Bertz CT molecular complexity index is 826. The Labute approximate surface area is 139 Å². The standard InChI is InChI=1S/C18H20N2O4/c1-24-14-8-7-12-5-6-13-10-16(21)20(9-3-2-4-17(22)23)19-18(13)15(12)11-14/h7-8,10-11H,2-6,9H2,1H3,(H,22,23). The lowest BCUT2D eigenvalue weighted by Crippen LogP contribution is -2.25. The fourth-order valence-electron chi connectivity index (χ4n) is 3.03. The lowest BCUT2D eigenvalue weighted by Gasteiger charge is -2.20. The zero-order valence-electron chi connectivity index (χ0n) is 13.6. The summed E-state index contributed by atoms with van der Waals surface area (Å²) in [6.07, 6.45) is 2.94. The zero-order chi connectivity index (χ0) is 17.1. The summed E-state index contributed by atoms with van der Waals surface area (Å²) in [7, 11) is 1.63. The first-order chi connectivity index (χ1) is 11.6. The third-order valence-electron chi connectivity index (χ3n) is 4.32. The molecule has 0 spiro atoms. The minimum Gasteiger partial charge on any atom is -0.497 e.